The summed E-state index contributed by atoms with van der Waals surface area (Å²) < 4.78 is 0. The van der Waals surface area contributed by atoms with E-state index in [1.165, 1.54) is 11.3 Å². The zero-order chi connectivity index (χ0) is 16.9. The largest absolute Gasteiger partial charge is 0.352 e. The fraction of sp³-hybridized carbons (Fsp3) is 0.647. The minimum absolute atomic E-state index is 0. The summed E-state index contributed by atoms with van der Waals surface area (Å²) in [6.07, 6.45) is 4.27. The van der Waals surface area contributed by atoms with Crippen molar-refractivity contribution in [3.05, 3.63) is 22.4 Å². The van der Waals surface area contributed by atoms with Crippen molar-refractivity contribution in [2.24, 2.45) is 5.73 Å². The Morgan fingerprint density at radius 3 is 2.67 bits per heavy atom. The molecule has 2 amide bonds. The van der Waals surface area contributed by atoms with Gasteiger partial charge in [0.25, 0.3) is 5.91 Å². The minimum atomic E-state index is -0.378. The fourth-order valence-electron chi connectivity index (χ4n) is 2.87. The van der Waals surface area contributed by atoms with Crippen molar-refractivity contribution in [3.8, 4) is 0 Å². The summed E-state index contributed by atoms with van der Waals surface area (Å²) in [4.78, 5) is 27.6. The molecular formula is C17H28ClN3O2S. The Morgan fingerprint density at radius 2 is 2.08 bits per heavy atom. The number of piperidine rings is 1. The predicted molar refractivity (Wildman–Crippen MR) is 101 cm³/mol. The summed E-state index contributed by atoms with van der Waals surface area (Å²) in [6.45, 7) is 5.16. The van der Waals surface area contributed by atoms with Crippen LogP contribution < -0.4 is 11.1 Å². The molecule has 0 spiro atoms. The Kier molecular flexibility index (Phi) is 8.19. The van der Waals surface area contributed by atoms with E-state index in [0.717, 1.165) is 32.1 Å². The van der Waals surface area contributed by atoms with Crippen molar-refractivity contribution in [2.75, 3.05) is 13.1 Å². The first kappa shape index (κ1) is 20.9. The first-order valence-electron chi connectivity index (χ1n) is 8.42. The maximum atomic E-state index is 12.6. The lowest BCUT2D eigenvalue weighted by molar-refractivity contribution is -0.126. The van der Waals surface area contributed by atoms with Gasteiger partial charge in [0.1, 0.15) is 6.04 Å². The Hall–Kier alpha value is -1.11. The van der Waals surface area contributed by atoms with Crippen LogP contribution >= 0.6 is 23.7 Å². The fourth-order valence-corrected chi connectivity index (χ4v) is 3.55. The number of nitrogens with zero attached hydrogens (tertiary/aromatic N) is 1. The van der Waals surface area contributed by atoms with Gasteiger partial charge in [0.15, 0.2) is 0 Å². The second-order valence-corrected chi connectivity index (χ2v) is 7.22. The Bertz CT molecular complexity index is 532. The second-order valence-electron chi connectivity index (χ2n) is 6.27. The summed E-state index contributed by atoms with van der Waals surface area (Å²) in [7, 11) is 0. The Balaban J connectivity index is 0.00000288. The van der Waals surface area contributed by atoms with Crippen LogP contribution in [0.5, 0.6) is 0 Å². The number of nitrogens with two attached hydrogens (primary N) is 1. The highest BCUT2D eigenvalue weighted by Crippen LogP contribution is 2.22. The molecule has 0 aliphatic carbocycles. The molecule has 0 radical (unpaired) electrons. The molecule has 5 nitrogen and oxygen atoms in total. The number of likely N-dealkylation sites (tertiary alicyclic amines) is 1. The maximum absolute atomic E-state index is 12.6. The number of nitrogens with one attached hydrogen (secondary N) is 1. The summed E-state index contributed by atoms with van der Waals surface area (Å²) in [5.74, 6) is -0.115. The molecule has 2 heterocycles. The van der Waals surface area contributed by atoms with Crippen molar-refractivity contribution in [1.82, 2.24) is 10.2 Å². The molecule has 0 saturated carbocycles. The van der Waals surface area contributed by atoms with E-state index < -0.39 is 0 Å². The highest BCUT2D eigenvalue weighted by molar-refractivity contribution is 7.12. The average Bonchev–Trinajstić information content (AvgIpc) is 3.13. The molecule has 1 unspecified atom stereocenters. The minimum Gasteiger partial charge on any atom is -0.352 e. The van der Waals surface area contributed by atoms with E-state index in [1.807, 2.05) is 31.4 Å². The van der Waals surface area contributed by atoms with Crippen LogP contribution in [0.4, 0.5) is 0 Å². The lowest BCUT2D eigenvalue weighted by Gasteiger charge is -2.35. The van der Waals surface area contributed by atoms with Crippen LogP contribution in [0.1, 0.15) is 55.6 Å². The number of carbonyl (C=O) groups excluding carboxylic acids is 2. The molecule has 1 aromatic heterocycles. The predicted octanol–water partition coefficient (Wildman–Crippen LogP) is 2.80. The molecule has 136 valence electrons. The van der Waals surface area contributed by atoms with E-state index in [4.69, 9.17) is 5.73 Å². The molecule has 1 aliphatic heterocycles. The van der Waals surface area contributed by atoms with Gasteiger partial charge in [-0.05, 0) is 43.6 Å². The van der Waals surface area contributed by atoms with Gasteiger partial charge in [-0.1, -0.05) is 19.9 Å². The van der Waals surface area contributed by atoms with E-state index in [9.17, 15) is 9.59 Å². The number of rotatable bonds is 6. The van der Waals surface area contributed by atoms with Gasteiger partial charge < -0.3 is 16.0 Å². The Morgan fingerprint density at radius 1 is 1.38 bits per heavy atom. The van der Waals surface area contributed by atoms with Crippen molar-refractivity contribution in [2.45, 2.75) is 57.5 Å². The molecule has 1 aliphatic rings. The van der Waals surface area contributed by atoms with Crippen LogP contribution in [0.25, 0.3) is 0 Å². The smallest absolute Gasteiger partial charge is 0.264 e. The van der Waals surface area contributed by atoms with Gasteiger partial charge in [-0.2, -0.15) is 0 Å². The number of amides is 2. The van der Waals surface area contributed by atoms with Gasteiger partial charge in [-0.25, -0.2) is 0 Å². The molecule has 0 aromatic carbocycles. The van der Waals surface area contributed by atoms with Gasteiger partial charge in [-0.15, -0.1) is 23.7 Å². The standard InChI is InChI=1S/C17H27N3O2S.ClH/c1-3-17(18,4-2)12-19-15(21)13-8-5-6-10-20(13)16(22)14-9-7-11-23-14;/h7,9,11,13H,3-6,8,10,12,18H2,1-2H3,(H,19,21);1H. The summed E-state index contributed by atoms with van der Waals surface area (Å²) in [5.41, 5.74) is 5.88. The van der Waals surface area contributed by atoms with E-state index in [0.29, 0.717) is 18.0 Å². The molecule has 1 saturated heterocycles. The molecule has 3 N–H and O–H groups in total. The third-order valence-corrected chi connectivity index (χ3v) is 5.68. The van der Waals surface area contributed by atoms with Crippen molar-refractivity contribution < 1.29 is 9.59 Å². The average molecular weight is 374 g/mol. The summed E-state index contributed by atoms with van der Waals surface area (Å²) in [6, 6.07) is 3.30. The Labute approximate surface area is 154 Å². The van der Waals surface area contributed by atoms with Gasteiger partial charge in [0.2, 0.25) is 5.91 Å². The first-order valence-corrected chi connectivity index (χ1v) is 9.30. The first-order chi connectivity index (χ1) is 11.0. The molecule has 1 atom stereocenters. The second kappa shape index (κ2) is 9.39. The van der Waals surface area contributed by atoms with Crippen LogP contribution in [0, 0.1) is 0 Å². The molecule has 2 rings (SSSR count). The van der Waals surface area contributed by atoms with E-state index in [1.54, 1.807) is 4.90 Å². The highest BCUT2D eigenvalue weighted by Gasteiger charge is 2.33. The van der Waals surface area contributed by atoms with Crippen LogP contribution in [0.3, 0.4) is 0 Å². The van der Waals surface area contributed by atoms with Crippen LogP contribution in [-0.2, 0) is 4.79 Å². The van der Waals surface area contributed by atoms with Crippen LogP contribution in [0.2, 0.25) is 0 Å². The van der Waals surface area contributed by atoms with Crippen LogP contribution in [0.15, 0.2) is 17.5 Å². The zero-order valence-corrected chi connectivity index (χ0v) is 16.0. The molecule has 1 fully saturated rings. The van der Waals surface area contributed by atoms with Gasteiger partial charge in [0, 0.05) is 18.6 Å². The van der Waals surface area contributed by atoms with Crippen LogP contribution in [-0.4, -0.2) is 41.4 Å². The molecule has 0 bridgehead atoms. The van der Waals surface area contributed by atoms with E-state index in [-0.39, 0.29) is 35.8 Å². The summed E-state index contributed by atoms with van der Waals surface area (Å²) in [5, 5.41) is 4.86. The summed E-state index contributed by atoms with van der Waals surface area (Å²) >= 11 is 1.42. The number of carbonyl (C=O) groups is 2. The SMILES string of the molecule is CCC(N)(CC)CNC(=O)C1CCCCN1C(=O)c1cccs1.Cl. The molecule has 7 heteroatoms. The highest BCUT2D eigenvalue weighted by atomic mass is 35.5. The van der Waals surface area contributed by atoms with Crippen molar-refractivity contribution in [3.63, 3.8) is 0 Å². The molecular weight excluding hydrogens is 346 g/mol. The third-order valence-electron chi connectivity index (χ3n) is 4.82. The number of halogens is 1. The quantitative estimate of drug-likeness (QED) is 0.805. The molecule has 24 heavy (non-hydrogen) atoms. The number of hydrogen-bond acceptors (Lipinski definition) is 4. The monoisotopic (exact) mass is 373 g/mol. The maximum Gasteiger partial charge on any atom is 0.264 e. The van der Waals surface area contributed by atoms with E-state index >= 15 is 0 Å². The lowest BCUT2D eigenvalue weighted by Crippen LogP contribution is -2.56. The van der Waals surface area contributed by atoms with Gasteiger partial charge >= 0.3 is 0 Å². The van der Waals surface area contributed by atoms with Crippen molar-refractivity contribution in [1.29, 1.82) is 0 Å². The topological polar surface area (TPSA) is 75.4 Å². The molecule has 1 aromatic rings. The number of hydrogen-bond donors (Lipinski definition) is 2. The lowest BCUT2D eigenvalue weighted by atomic mass is 9.93. The zero-order valence-electron chi connectivity index (χ0n) is 14.4. The normalized spacial score (nSPS) is 18.0. The van der Waals surface area contributed by atoms with Gasteiger partial charge in [0.05, 0.1) is 4.88 Å². The van der Waals surface area contributed by atoms with Crippen molar-refractivity contribution >= 4 is 35.6 Å². The van der Waals surface area contributed by atoms with E-state index in [2.05, 4.69) is 5.32 Å². The third kappa shape index (κ3) is 4.94. The van der Waals surface area contributed by atoms with Gasteiger partial charge in [-0.3, -0.25) is 9.59 Å². The number of thiophene rings is 1.